The zero-order chi connectivity index (χ0) is 17.6. The molecule has 2 heterocycles. The molecule has 0 spiro atoms. The molecule has 0 atom stereocenters. The highest BCUT2D eigenvalue weighted by Gasteiger charge is 2.08. The van der Waals surface area contributed by atoms with Crippen molar-refractivity contribution in [3.05, 3.63) is 77.5 Å². The summed E-state index contributed by atoms with van der Waals surface area (Å²) in [5.41, 5.74) is 4.59. The Labute approximate surface area is 146 Å². The second kappa shape index (κ2) is 7.53. The quantitative estimate of drug-likeness (QED) is 0.750. The molecule has 0 aliphatic heterocycles. The molecule has 3 aromatic rings. The number of benzene rings is 1. The van der Waals surface area contributed by atoms with E-state index in [1.165, 1.54) is 11.8 Å². The molecule has 6 nitrogen and oxygen atoms in total. The second-order valence-electron chi connectivity index (χ2n) is 5.70. The highest BCUT2D eigenvalue weighted by Crippen LogP contribution is 2.21. The van der Waals surface area contributed by atoms with Crippen LogP contribution in [0, 0.1) is 13.8 Å². The van der Waals surface area contributed by atoms with Gasteiger partial charge in [-0.15, -0.1) is 0 Å². The molecule has 2 N–H and O–H groups in total. The molecule has 0 fully saturated rings. The van der Waals surface area contributed by atoms with E-state index in [1.807, 2.05) is 31.2 Å². The van der Waals surface area contributed by atoms with Crippen LogP contribution in [-0.4, -0.2) is 20.9 Å². The van der Waals surface area contributed by atoms with E-state index in [0.717, 1.165) is 16.8 Å². The minimum absolute atomic E-state index is 0.261. The van der Waals surface area contributed by atoms with Crippen LogP contribution in [0.5, 0.6) is 0 Å². The molecule has 0 unspecified atom stereocenters. The summed E-state index contributed by atoms with van der Waals surface area (Å²) in [5.74, 6) is 0.335. The third kappa shape index (κ3) is 4.17. The third-order valence-corrected chi connectivity index (χ3v) is 3.95. The lowest BCUT2D eigenvalue weighted by Crippen LogP contribution is -2.24. The third-order valence-electron chi connectivity index (χ3n) is 3.95. The topological polar surface area (TPSA) is 79.8 Å². The number of carbonyl (C=O) groups is 1. The Kier molecular flexibility index (Phi) is 4.99. The maximum atomic E-state index is 12.1. The molecule has 0 aliphatic rings. The molecule has 126 valence electrons. The summed E-state index contributed by atoms with van der Waals surface area (Å²) in [6, 6.07) is 9.73. The molecule has 0 saturated carbocycles. The van der Waals surface area contributed by atoms with Crippen molar-refractivity contribution in [1.29, 1.82) is 0 Å². The fourth-order valence-corrected chi connectivity index (χ4v) is 2.31. The van der Waals surface area contributed by atoms with Crippen molar-refractivity contribution in [2.45, 2.75) is 20.4 Å². The van der Waals surface area contributed by atoms with Gasteiger partial charge in [0.25, 0.3) is 5.91 Å². The zero-order valence-corrected chi connectivity index (χ0v) is 14.2. The SMILES string of the molecule is Cc1cccc(Nc2cnc(C(=O)NCc3ccncc3)cn2)c1C. The number of aromatic nitrogens is 3. The van der Waals surface area contributed by atoms with E-state index in [-0.39, 0.29) is 11.6 Å². The molecule has 2 aromatic heterocycles. The molecule has 1 aromatic carbocycles. The van der Waals surface area contributed by atoms with E-state index >= 15 is 0 Å². The number of carbonyl (C=O) groups excluding carboxylic acids is 1. The minimum atomic E-state index is -0.261. The van der Waals surface area contributed by atoms with Gasteiger partial charge >= 0.3 is 0 Å². The molecule has 0 bridgehead atoms. The van der Waals surface area contributed by atoms with Gasteiger partial charge in [0.15, 0.2) is 0 Å². The maximum Gasteiger partial charge on any atom is 0.271 e. The lowest BCUT2D eigenvalue weighted by molar-refractivity contribution is 0.0945. The van der Waals surface area contributed by atoms with Crippen molar-refractivity contribution in [2.75, 3.05) is 5.32 Å². The molecule has 3 rings (SSSR count). The first-order valence-electron chi connectivity index (χ1n) is 7.96. The van der Waals surface area contributed by atoms with Crippen LogP contribution < -0.4 is 10.6 Å². The van der Waals surface area contributed by atoms with Crippen LogP contribution in [0.4, 0.5) is 11.5 Å². The predicted molar refractivity (Wildman–Crippen MR) is 96.6 cm³/mol. The van der Waals surface area contributed by atoms with Crippen molar-refractivity contribution >= 4 is 17.4 Å². The van der Waals surface area contributed by atoms with Crippen molar-refractivity contribution < 1.29 is 4.79 Å². The number of aryl methyl sites for hydroxylation is 1. The number of pyridine rings is 1. The van der Waals surface area contributed by atoms with Crippen LogP contribution in [0.3, 0.4) is 0 Å². The summed E-state index contributed by atoms with van der Waals surface area (Å²) >= 11 is 0. The molecule has 6 heteroatoms. The largest absolute Gasteiger partial charge is 0.347 e. The van der Waals surface area contributed by atoms with E-state index in [9.17, 15) is 4.79 Å². The van der Waals surface area contributed by atoms with Crippen LogP contribution in [-0.2, 0) is 6.54 Å². The van der Waals surface area contributed by atoms with Gasteiger partial charge in [-0.3, -0.25) is 9.78 Å². The summed E-state index contributed by atoms with van der Waals surface area (Å²) in [7, 11) is 0. The number of nitrogens with zero attached hydrogens (tertiary/aromatic N) is 3. The van der Waals surface area contributed by atoms with Gasteiger partial charge in [0.1, 0.15) is 11.5 Å². The standard InChI is InChI=1S/C19H19N5O/c1-13-4-3-5-16(14(13)2)24-18-12-21-17(11-22-18)19(25)23-10-15-6-8-20-9-7-15/h3-9,11-12H,10H2,1-2H3,(H,22,24)(H,23,25). The van der Waals surface area contributed by atoms with E-state index in [2.05, 4.69) is 38.6 Å². The van der Waals surface area contributed by atoms with E-state index in [4.69, 9.17) is 0 Å². The van der Waals surface area contributed by atoms with Crippen LogP contribution in [0.15, 0.2) is 55.1 Å². The number of rotatable bonds is 5. The Balaban J connectivity index is 1.63. The lowest BCUT2D eigenvalue weighted by Gasteiger charge is -2.10. The van der Waals surface area contributed by atoms with Crippen LogP contribution in [0.1, 0.15) is 27.2 Å². The van der Waals surface area contributed by atoms with Gasteiger partial charge < -0.3 is 10.6 Å². The molecule has 0 saturated heterocycles. The minimum Gasteiger partial charge on any atom is -0.347 e. The number of anilines is 2. The van der Waals surface area contributed by atoms with Crippen LogP contribution >= 0.6 is 0 Å². The smallest absolute Gasteiger partial charge is 0.271 e. The lowest BCUT2D eigenvalue weighted by atomic mass is 10.1. The Bertz CT molecular complexity index is 863. The van der Waals surface area contributed by atoms with Gasteiger partial charge in [-0.25, -0.2) is 9.97 Å². The number of amides is 1. The van der Waals surface area contributed by atoms with Crippen LogP contribution in [0.2, 0.25) is 0 Å². The maximum absolute atomic E-state index is 12.1. The van der Waals surface area contributed by atoms with Crippen molar-refractivity contribution in [3.63, 3.8) is 0 Å². The van der Waals surface area contributed by atoms with Crippen molar-refractivity contribution in [3.8, 4) is 0 Å². The summed E-state index contributed by atoms with van der Waals surface area (Å²) < 4.78 is 0. The highest BCUT2D eigenvalue weighted by atomic mass is 16.1. The zero-order valence-electron chi connectivity index (χ0n) is 14.2. The van der Waals surface area contributed by atoms with Gasteiger partial charge in [0, 0.05) is 24.6 Å². The number of hydrogen-bond donors (Lipinski definition) is 2. The molecular formula is C19H19N5O. The molecule has 25 heavy (non-hydrogen) atoms. The van der Waals surface area contributed by atoms with Gasteiger partial charge in [0.2, 0.25) is 0 Å². The number of hydrogen-bond acceptors (Lipinski definition) is 5. The van der Waals surface area contributed by atoms with Gasteiger partial charge in [-0.1, -0.05) is 12.1 Å². The van der Waals surface area contributed by atoms with Gasteiger partial charge in [-0.2, -0.15) is 0 Å². The average molecular weight is 333 g/mol. The Hall–Kier alpha value is -3.28. The monoisotopic (exact) mass is 333 g/mol. The first-order valence-corrected chi connectivity index (χ1v) is 7.96. The molecule has 0 aliphatic carbocycles. The first-order chi connectivity index (χ1) is 12.1. The number of nitrogens with one attached hydrogen (secondary N) is 2. The Morgan fingerprint density at radius 1 is 1.04 bits per heavy atom. The molecular weight excluding hydrogens is 314 g/mol. The van der Waals surface area contributed by atoms with Crippen LogP contribution in [0.25, 0.3) is 0 Å². The summed E-state index contributed by atoms with van der Waals surface area (Å²) in [6.45, 7) is 4.53. The average Bonchev–Trinajstić information content (AvgIpc) is 2.65. The first kappa shape index (κ1) is 16.6. The molecule has 0 radical (unpaired) electrons. The predicted octanol–water partition coefficient (Wildman–Crippen LogP) is 3.16. The van der Waals surface area contributed by atoms with E-state index in [1.54, 1.807) is 18.6 Å². The Morgan fingerprint density at radius 2 is 1.84 bits per heavy atom. The van der Waals surface area contributed by atoms with E-state index in [0.29, 0.717) is 12.4 Å². The van der Waals surface area contributed by atoms with E-state index < -0.39 is 0 Å². The highest BCUT2D eigenvalue weighted by molar-refractivity contribution is 5.92. The Morgan fingerprint density at radius 3 is 2.56 bits per heavy atom. The summed E-state index contributed by atoms with van der Waals surface area (Å²) in [5, 5.41) is 6.04. The fraction of sp³-hybridized carbons (Fsp3) is 0.158. The second-order valence-corrected chi connectivity index (χ2v) is 5.70. The van der Waals surface area contributed by atoms with Gasteiger partial charge in [-0.05, 0) is 48.7 Å². The normalized spacial score (nSPS) is 10.3. The van der Waals surface area contributed by atoms with Crippen molar-refractivity contribution in [1.82, 2.24) is 20.3 Å². The summed E-state index contributed by atoms with van der Waals surface area (Å²) in [4.78, 5) is 24.5. The van der Waals surface area contributed by atoms with Crippen molar-refractivity contribution in [2.24, 2.45) is 0 Å². The molecule has 1 amide bonds. The summed E-state index contributed by atoms with van der Waals surface area (Å²) in [6.07, 6.45) is 6.41. The fourth-order valence-electron chi connectivity index (χ4n) is 2.31. The van der Waals surface area contributed by atoms with Gasteiger partial charge in [0.05, 0.1) is 12.4 Å².